The molecule has 2 heteroatoms. The first kappa shape index (κ1) is 1.50. The normalized spacial score (nSPS) is 30.8. The largest absolute Gasteiger partial charge is 0.351 e. The van der Waals surface area contributed by atoms with Crippen LogP contribution < -0.4 is 0 Å². The van der Waals surface area contributed by atoms with Gasteiger partial charge in [0.05, 0.1) is 5.48 Å². The van der Waals surface area contributed by atoms with Gasteiger partial charge in [-0.3, -0.25) is 0 Å². The first-order chi connectivity index (χ1) is 8.26. The minimum Gasteiger partial charge on any atom is -0.351 e. The van der Waals surface area contributed by atoms with E-state index in [4.69, 9.17) is 13.7 Å². The molecule has 9 heavy (non-hydrogen) atoms. The number of hydrogen-bond donors (Lipinski definition) is 0. The monoisotopic (exact) mass is 197 g/mol. The lowest BCUT2D eigenvalue weighted by Gasteiger charge is -2.04. The lowest BCUT2D eigenvalue weighted by atomic mass is 10.4. The van der Waals surface area contributed by atoms with Crippen LogP contribution in [-0.4, -0.2) is 4.57 Å². The van der Waals surface area contributed by atoms with Crippen molar-refractivity contribution < 1.29 is 13.7 Å². The van der Waals surface area contributed by atoms with E-state index in [0.29, 0.717) is 0 Å². The summed E-state index contributed by atoms with van der Waals surface area (Å²) in [6.07, 6.45) is -1.50. The van der Waals surface area contributed by atoms with Gasteiger partial charge in [-0.2, -0.15) is 0 Å². The van der Waals surface area contributed by atoms with E-state index in [1.54, 1.807) is 0 Å². The van der Waals surface area contributed by atoms with Crippen LogP contribution in [0.1, 0.15) is 33.4 Å². The van der Waals surface area contributed by atoms with Gasteiger partial charge in [0.1, 0.15) is 0 Å². The molecule has 1 heterocycles. The predicted molar refractivity (Wildman–Crippen MR) is 42.5 cm³/mol. The van der Waals surface area contributed by atoms with Crippen LogP contribution in [0.5, 0.6) is 0 Å². The van der Waals surface area contributed by atoms with Gasteiger partial charge in [-0.05, 0) is 35.7 Å². The Morgan fingerprint density at radius 1 is 2.00 bits per heavy atom. The summed E-state index contributed by atoms with van der Waals surface area (Å²) in [6.45, 7) is -6.59. The number of halogens is 1. The van der Waals surface area contributed by atoms with Crippen molar-refractivity contribution in [2.45, 2.75) is 19.7 Å². The third kappa shape index (κ3) is 1.58. The number of rotatable bonds is 1. The van der Waals surface area contributed by atoms with Crippen molar-refractivity contribution >= 4 is 15.9 Å². The Balaban J connectivity index is 3.77. The minimum atomic E-state index is -3.30. The predicted octanol–water partition coefficient (Wildman–Crippen LogP) is 2.83. The van der Waals surface area contributed by atoms with E-state index in [-0.39, 0.29) is 9.04 Å². The fourth-order valence-electron chi connectivity index (χ4n) is 0.371. The van der Waals surface area contributed by atoms with Crippen LogP contribution in [0.4, 0.5) is 0 Å². The Morgan fingerprint density at radius 2 is 2.78 bits per heavy atom. The van der Waals surface area contributed by atoms with Crippen LogP contribution >= 0.6 is 15.9 Å². The smallest absolute Gasteiger partial charge is 0.0830 e. The van der Waals surface area contributed by atoms with Gasteiger partial charge < -0.3 is 4.57 Å². The molecule has 1 nitrogen and oxygen atoms in total. The maximum absolute atomic E-state index is 7.85. The molecule has 0 aromatic carbocycles. The average Bonchev–Trinajstić information content (AvgIpc) is 2.39. The Bertz CT molecular complexity index is 458. The van der Waals surface area contributed by atoms with E-state index >= 15 is 0 Å². The second-order valence-electron chi connectivity index (χ2n) is 1.35. The van der Waals surface area contributed by atoms with Crippen LogP contribution in [0.2, 0.25) is 0 Å². The van der Waals surface area contributed by atoms with E-state index in [2.05, 4.69) is 15.9 Å². The van der Waals surface area contributed by atoms with Crippen molar-refractivity contribution in [2.24, 2.45) is 0 Å². The number of aromatic nitrogens is 1. The lowest BCUT2D eigenvalue weighted by Crippen LogP contribution is -1.94. The summed E-state index contributed by atoms with van der Waals surface area (Å²) in [5, 5.41) is 0. The maximum Gasteiger partial charge on any atom is 0.0830 e. The Labute approximate surface area is 77.9 Å². The molecule has 1 aromatic heterocycles. The van der Waals surface area contributed by atoms with Gasteiger partial charge in [-0.15, -0.1) is 0 Å². The van der Waals surface area contributed by atoms with E-state index < -0.39 is 38.1 Å². The summed E-state index contributed by atoms with van der Waals surface area (Å²) in [6, 6.07) is -3.73. The fourth-order valence-corrected chi connectivity index (χ4v) is 0.637. The molecule has 0 radical (unpaired) electrons. The van der Waals surface area contributed by atoms with E-state index in [1.165, 1.54) is 0 Å². The molecule has 0 amide bonds. The topological polar surface area (TPSA) is 4.93 Å². The molecule has 0 N–H and O–H groups in total. The van der Waals surface area contributed by atoms with Crippen molar-refractivity contribution in [1.29, 1.82) is 0 Å². The molecular formula is C7H10BrN. The second-order valence-corrected chi connectivity index (χ2v) is 2.14. The molecule has 1 rings (SSSR count). The van der Waals surface area contributed by atoms with Gasteiger partial charge in [0.2, 0.25) is 0 Å². The summed E-state index contributed by atoms with van der Waals surface area (Å²) in [5.41, 5.74) is 0. The summed E-state index contributed by atoms with van der Waals surface area (Å²) in [7, 11) is 0. The first-order valence-electron chi connectivity index (χ1n) is 7.11. The molecule has 0 aliphatic rings. The second kappa shape index (κ2) is 2.56. The highest BCUT2D eigenvalue weighted by Crippen LogP contribution is 2.12. The number of hydrogen-bond acceptors (Lipinski definition) is 0. The zero-order valence-electron chi connectivity index (χ0n) is 14.3. The van der Waals surface area contributed by atoms with Crippen LogP contribution in [0.15, 0.2) is 22.9 Å². The van der Waals surface area contributed by atoms with Crippen molar-refractivity contribution in [2.75, 3.05) is 0 Å². The lowest BCUT2D eigenvalue weighted by molar-refractivity contribution is 0.603. The quantitative estimate of drug-likeness (QED) is 0.653. The van der Waals surface area contributed by atoms with Crippen molar-refractivity contribution in [3.05, 3.63) is 22.9 Å². The zero-order chi connectivity index (χ0) is 15.4. The van der Waals surface area contributed by atoms with E-state index in [9.17, 15) is 0 Å². The standard InChI is InChI=1S/C7H10BrN/c1-6(2)9-4-3-7(8)5-9/h3-6H,1-2H3/i1D3,2D3,3D,4D,5D,6D. The molecule has 0 unspecified atom stereocenters. The molecule has 0 bridgehead atoms. The van der Waals surface area contributed by atoms with Crippen molar-refractivity contribution in [3.8, 4) is 0 Å². The van der Waals surface area contributed by atoms with Crippen LogP contribution in [-0.2, 0) is 0 Å². The van der Waals surface area contributed by atoms with Gasteiger partial charge in [-0.25, -0.2) is 0 Å². The Morgan fingerprint density at radius 3 is 3.22 bits per heavy atom. The highest BCUT2D eigenvalue weighted by atomic mass is 79.9. The van der Waals surface area contributed by atoms with Crippen LogP contribution in [0.3, 0.4) is 0 Å². The summed E-state index contributed by atoms with van der Waals surface area (Å²) >= 11 is 2.81. The van der Waals surface area contributed by atoms with Gasteiger partial charge >= 0.3 is 0 Å². The molecule has 50 valence electrons. The maximum atomic E-state index is 7.85. The molecule has 0 fully saturated rings. The summed E-state index contributed by atoms with van der Waals surface area (Å²) < 4.78 is 74.2. The average molecular weight is 198 g/mol. The van der Waals surface area contributed by atoms with Gasteiger partial charge in [-0.1, -0.05) is 0 Å². The minimum absolute atomic E-state index is 0.220. The number of nitrogens with zero attached hydrogens (tertiary/aromatic N) is 1. The molecule has 0 aliphatic carbocycles. The third-order valence-corrected chi connectivity index (χ3v) is 1.09. The molecule has 0 saturated carbocycles. The first-order valence-corrected chi connectivity index (χ1v) is 2.90. The van der Waals surface area contributed by atoms with Gasteiger partial charge in [0.25, 0.3) is 0 Å². The highest BCUT2D eigenvalue weighted by Gasteiger charge is 1.94. The van der Waals surface area contributed by atoms with Gasteiger partial charge in [0.15, 0.2) is 0 Å². The third-order valence-electron chi connectivity index (χ3n) is 0.711. The summed E-state index contributed by atoms with van der Waals surface area (Å²) in [4.78, 5) is 0. The Hall–Kier alpha value is -0.240. The van der Waals surface area contributed by atoms with E-state index in [1.807, 2.05) is 0 Å². The van der Waals surface area contributed by atoms with E-state index in [0.717, 1.165) is 0 Å². The van der Waals surface area contributed by atoms with Crippen molar-refractivity contribution in [1.82, 2.24) is 4.57 Å². The highest BCUT2D eigenvalue weighted by molar-refractivity contribution is 9.10. The van der Waals surface area contributed by atoms with Gasteiger partial charge in [0, 0.05) is 31.1 Å². The van der Waals surface area contributed by atoms with Crippen LogP contribution in [0, 0.1) is 0 Å². The van der Waals surface area contributed by atoms with Crippen LogP contribution in [0.25, 0.3) is 0 Å². The fraction of sp³-hybridized carbons (Fsp3) is 0.429. The molecule has 0 aliphatic heterocycles. The zero-order valence-corrected chi connectivity index (χ0v) is 5.91. The summed E-state index contributed by atoms with van der Waals surface area (Å²) in [5.74, 6) is 0. The SMILES string of the molecule is [2H]c1c(Br)c([2H])n(C([2H])(C([2H])([2H])[2H])C([2H])([2H])[2H])c1[2H]. The van der Waals surface area contributed by atoms with Crippen molar-refractivity contribution in [3.63, 3.8) is 0 Å². The molecule has 0 saturated heterocycles. The molecule has 0 spiro atoms. The molecular weight excluding hydrogens is 178 g/mol. The Kier molecular flexibility index (Phi) is 0.427. The molecule has 0 atom stereocenters. The molecule has 1 aromatic rings.